The minimum absolute atomic E-state index is 0.110. The molecule has 0 fully saturated rings. The number of nitro benzene ring substituents is 1. The van der Waals surface area contributed by atoms with Gasteiger partial charge < -0.3 is 25.4 Å². The lowest BCUT2D eigenvalue weighted by Gasteiger charge is -2.17. The maximum absolute atomic E-state index is 12.1. The van der Waals surface area contributed by atoms with Crippen LogP contribution in [-0.4, -0.2) is 67.1 Å². The second-order valence-electron chi connectivity index (χ2n) is 5.54. The monoisotopic (exact) mass is 354 g/mol. The lowest BCUT2D eigenvalue weighted by atomic mass is 10.2. The van der Waals surface area contributed by atoms with Gasteiger partial charge in [0.2, 0.25) is 5.91 Å². The van der Waals surface area contributed by atoms with Gasteiger partial charge in [0.25, 0.3) is 5.69 Å². The van der Waals surface area contributed by atoms with Gasteiger partial charge in [-0.2, -0.15) is 0 Å². The van der Waals surface area contributed by atoms with Crippen molar-refractivity contribution in [1.82, 2.24) is 10.2 Å². The molecule has 0 aliphatic rings. The highest BCUT2D eigenvalue weighted by Crippen LogP contribution is 2.28. The smallest absolute Gasteiger partial charge is 0.321 e. The fourth-order valence-electron chi connectivity index (χ4n) is 2.00. The van der Waals surface area contributed by atoms with Gasteiger partial charge in [-0.15, -0.1) is 0 Å². The molecule has 0 saturated heterocycles. The molecular weight excluding hydrogens is 332 g/mol. The van der Waals surface area contributed by atoms with Crippen LogP contribution in [0.1, 0.15) is 6.42 Å². The fourth-order valence-corrected chi connectivity index (χ4v) is 2.00. The fraction of sp³-hybridized carbons (Fsp3) is 0.467. The highest BCUT2D eigenvalue weighted by molar-refractivity contribution is 5.95. The van der Waals surface area contributed by atoms with Crippen molar-refractivity contribution in [2.75, 3.05) is 39.6 Å². The average molecular weight is 354 g/mol. The quantitative estimate of drug-likeness (QED) is 0.409. The second-order valence-corrected chi connectivity index (χ2v) is 5.54. The first-order valence-corrected chi connectivity index (χ1v) is 7.47. The molecule has 3 N–H and O–H groups in total. The van der Waals surface area contributed by atoms with Gasteiger partial charge in [-0.25, -0.2) is 0 Å². The Labute approximate surface area is 144 Å². The molecule has 0 radical (unpaired) electrons. The number of hydrogen-bond donors (Lipinski definition) is 3. The van der Waals surface area contributed by atoms with E-state index in [0.29, 0.717) is 13.1 Å². The first kappa shape index (κ1) is 20.3. The second kappa shape index (κ2) is 9.55. The lowest BCUT2D eigenvalue weighted by molar-refractivity contribution is -0.384. The molecule has 1 aromatic rings. The number of rotatable bonds is 10. The van der Waals surface area contributed by atoms with E-state index in [2.05, 4.69) is 10.6 Å². The molecule has 0 aliphatic heterocycles. The molecule has 1 rings (SSSR count). The number of nitrogens with one attached hydrogen (secondary N) is 2. The number of carbonyl (C=O) groups excluding carboxylic acids is 1. The van der Waals surface area contributed by atoms with Crippen molar-refractivity contribution in [2.24, 2.45) is 0 Å². The topological polar surface area (TPSA) is 134 Å². The first-order valence-electron chi connectivity index (χ1n) is 7.47. The molecule has 25 heavy (non-hydrogen) atoms. The van der Waals surface area contributed by atoms with Gasteiger partial charge in [0.05, 0.1) is 24.1 Å². The Hall–Kier alpha value is -2.72. The van der Waals surface area contributed by atoms with Crippen molar-refractivity contribution in [3.8, 4) is 5.75 Å². The van der Waals surface area contributed by atoms with Gasteiger partial charge in [-0.05, 0) is 20.2 Å². The highest BCUT2D eigenvalue weighted by Gasteiger charge is 2.22. The number of aliphatic carboxylic acids is 1. The highest BCUT2D eigenvalue weighted by atomic mass is 16.6. The summed E-state index contributed by atoms with van der Waals surface area (Å²) in [5.74, 6) is -1.50. The third kappa shape index (κ3) is 6.73. The number of carbonyl (C=O) groups is 2. The van der Waals surface area contributed by atoms with Crippen LogP contribution in [0.5, 0.6) is 5.75 Å². The SMILES string of the molecule is COc1ccc([N+](=O)[O-])cc1NC(=O)C[C@@H](NCCN(C)C)C(=O)O. The lowest BCUT2D eigenvalue weighted by Crippen LogP contribution is -2.42. The van der Waals surface area contributed by atoms with Crippen molar-refractivity contribution in [3.63, 3.8) is 0 Å². The van der Waals surface area contributed by atoms with Gasteiger partial charge >= 0.3 is 5.97 Å². The molecule has 0 unspecified atom stereocenters. The standard InChI is InChI=1S/C15H22N4O6/c1-18(2)7-6-16-12(15(21)22)9-14(20)17-11-8-10(19(23)24)4-5-13(11)25-3/h4-5,8,12,16H,6-7,9H2,1-3H3,(H,17,20)(H,21,22)/t12-/m1/s1. The zero-order valence-corrected chi connectivity index (χ0v) is 14.3. The summed E-state index contributed by atoms with van der Waals surface area (Å²) in [7, 11) is 5.05. The summed E-state index contributed by atoms with van der Waals surface area (Å²) in [6, 6.07) is 2.70. The summed E-state index contributed by atoms with van der Waals surface area (Å²) in [6.07, 6.45) is -0.325. The van der Waals surface area contributed by atoms with Crippen LogP contribution in [0.25, 0.3) is 0 Å². The van der Waals surface area contributed by atoms with E-state index in [1.54, 1.807) is 0 Å². The van der Waals surface area contributed by atoms with E-state index in [1.165, 1.54) is 19.2 Å². The summed E-state index contributed by atoms with van der Waals surface area (Å²) in [5.41, 5.74) is -0.103. The molecule has 138 valence electrons. The van der Waals surface area contributed by atoms with Gasteiger partial charge in [0.1, 0.15) is 11.8 Å². The van der Waals surface area contributed by atoms with Gasteiger partial charge in [0.15, 0.2) is 0 Å². The Bertz CT molecular complexity index is 634. The summed E-state index contributed by atoms with van der Waals surface area (Å²) in [6.45, 7) is 1.02. The Morgan fingerprint density at radius 1 is 1.40 bits per heavy atom. The number of methoxy groups -OCH3 is 1. The number of ether oxygens (including phenoxy) is 1. The molecule has 10 nitrogen and oxygen atoms in total. The van der Waals surface area contributed by atoms with Crippen molar-refractivity contribution in [3.05, 3.63) is 28.3 Å². The van der Waals surface area contributed by atoms with E-state index in [0.717, 1.165) is 6.07 Å². The molecule has 0 saturated carbocycles. The van der Waals surface area contributed by atoms with Gasteiger partial charge in [-0.1, -0.05) is 0 Å². The van der Waals surface area contributed by atoms with Crippen LogP contribution in [-0.2, 0) is 9.59 Å². The maximum atomic E-state index is 12.1. The number of nitrogens with zero attached hydrogens (tertiary/aromatic N) is 2. The number of carboxylic acid groups (broad SMARTS) is 1. The van der Waals surface area contributed by atoms with E-state index < -0.39 is 22.8 Å². The van der Waals surface area contributed by atoms with Gasteiger partial charge in [0, 0.05) is 25.2 Å². The van der Waals surface area contributed by atoms with Crippen molar-refractivity contribution in [2.45, 2.75) is 12.5 Å². The Kier molecular flexibility index (Phi) is 7.76. The number of non-ortho nitro benzene ring substituents is 1. The van der Waals surface area contributed by atoms with Crippen molar-refractivity contribution >= 4 is 23.3 Å². The third-order valence-electron chi connectivity index (χ3n) is 3.31. The molecule has 0 heterocycles. The number of carboxylic acids is 1. The Morgan fingerprint density at radius 3 is 2.60 bits per heavy atom. The van der Waals surface area contributed by atoms with E-state index in [9.17, 15) is 24.8 Å². The van der Waals surface area contributed by atoms with Crippen LogP contribution in [0.4, 0.5) is 11.4 Å². The van der Waals surface area contributed by atoms with E-state index in [4.69, 9.17) is 4.74 Å². The van der Waals surface area contributed by atoms with E-state index in [-0.39, 0.29) is 23.5 Å². The van der Waals surface area contributed by atoms with Crippen LogP contribution in [0.15, 0.2) is 18.2 Å². The molecule has 0 spiro atoms. The summed E-state index contributed by atoms with van der Waals surface area (Å²) < 4.78 is 5.05. The molecule has 1 atom stereocenters. The predicted octanol–water partition coefficient (Wildman–Crippen LogP) is 0.536. The van der Waals surface area contributed by atoms with Crippen LogP contribution < -0.4 is 15.4 Å². The largest absolute Gasteiger partial charge is 0.495 e. The van der Waals surface area contributed by atoms with Crippen LogP contribution in [0.2, 0.25) is 0 Å². The van der Waals surface area contributed by atoms with Crippen LogP contribution in [0.3, 0.4) is 0 Å². The zero-order valence-electron chi connectivity index (χ0n) is 14.3. The van der Waals surface area contributed by atoms with E-state index >= 15 is 0 Å². The number of benzene rings is 1. The van der Waals surface area contributed by atoms with E-state index in [1.807, 2.05) is 19.0 Å². The summed E-state index contributed by atoms with van der Waals surface area (Å²) >= 11 is 0. The normalized spacial score (nSPS) is 11.8. The molecule has 0 aliphatic carbocycles. The third-order valence-corrected chi connectivity index (χ3v) is 3.31. The maximum Gasteiger partial charge on any atom is 0.321 e. The number of hydrogen-bond acceptors (Lipinski definition) is 7. The molecule has 0 bridgehead atoms. The molecule has 0 aromatic heterocycles. The average Bonchev–Trinajstić information content (AvgIpc) is 2.53. The number of likely N-dealkylation sites (N-methyl/N-ethyl adjacent to an activating group) is 1. The number of amides is 1. The first-order chi connectivity index (χ1) is 11.7. The summed E-state index contributed by atoms with van der Waals surface area (Å²) in [4.78, 5) is 35.5. The van der Waals surface area contributed by atoms with Crippen molar-refractivity contribution in [1.29, 1.82) is 0 Å². The zero-order chi connectivity index (χ0) is 19.0. The molecule has 1 aromatic carbocycles. The predicted molar refractivity (Wildman–Crippen MR) is 90.9 cm³/mol. The van der Waals surface area contributed by atoms with Crippen LogP contribution in [0, 0.1) is 10.1 Å². The number of nitro groups is 1. The van der Waals surface area contributed by atoms with Crippen molar-refractivity contribution < 1.29 is 24.4 Å². The molecular formula is C15H22N4O6. The Balaban J connectivity index is 2.77. The molecule has 10 heteroatoms. The minimum Gasteiger partial charge on any atom is -0.495 e. The number of anilines is 1. The minimum atomic E-state index is -1.15. The Morgan fingerprint density at radius 2 is 2.08 bits per heavy atom. The van der Waals surface area contributed by atoms with Crippen LogP contribution >= 0.6 is 0 Å². The summed E-state index contributed by atoms with van der Waals surface area (Å²) in [5, 5.41) is 25.3. The molecule has 1 amide bonds. The van der Waals surface area contributed by atoms with Gasteiger partial charge in [-0.3, -0.25) is 19.7 Å².